The zero-order valence-electron chi connectivity index (χ0n) is 9.07. The summed E-state index contributed by atoms with van der Waals surface area (Å²) in [7, 11) is 0. The SMILES string of the molecule is Cc1nccn1C(=O)NC1CCCCC1. The molecule has 2 rings (SSSR count). The van der Waals surface area contributed by atoms with Crippen molar-refractivity contribution in [1.82, 2.24) is 14.9 Å². The Morgan fingerprint density at radius 3 is 2.80 bits per heavy atom. The van der Waals surface area contributed by atoms with Crippen molar-refractivity contribution in [3.63, 3.8) is 0 Å². The summed E-state index contributed by atoms with van der Waals surface area (Å²) in [5, 5.41) is 3.05. The van der Waals surface area contributed by atoms with Gasteiger partial charge in [0, 0.05) is 18.4 Å². The molecule has 0 atom stereocenters. The molecule has 0 unspecified atom stereocenters. The first-order chi connectivity index (χ1) is 7.27. The Kier molecular flexibility index (Phi) is 3.04. The number of carbonyl (C=O) groups is 1. The molecule has 1 fully saturated rings. The lowest BCUT2D eigenvalue weighted by atomic mass is 9.96. The van der Waals surface area contributed by atoms with Gasteiger partial charge in [-0.05, 0) is 19.8 Å². The van der Waals surface area contributed by atoms with Gasteiger partial charge in [-0.1, -0.05) is 19.3 Å². The van der Waals surface area contributed by atoms with E-state index in [1.54, 1.807) is 17.0 Å². The van der Waals surface area contributed by atoms with Crippen LogP contribution in [0, 0.1) is 6.92 Å². The molecular weight excluding hydrogens is 190 g/mol. The van der Waals surface area contributed by atoms with Gasteiger partial charge in [-0.25, -0.2) is 9.78 Å². The summed E-state index contributed by atoms with van der Waals surface area (Å²) >= 11 is 0. The zero-order chi connectivity index (χ0) is 10.7. The first-order valence-corrected chi connectivity index (χ1v) is 5.58. The number of hydrogen-bond donors (Lipinski definition) is 1. The molecule has 82 valence electrons. The average Bonchev–Trinajstić information content (AvgIpc) is 2.66. The van der Waals surface area contributed by atoms with Crippen molar-refractivity contribution in [2.75, 3.05) is 0 Å². The molecule has 0 saturated heterocycles. The lowest BCUT2D eigenvalue weighted by Crippen LogP contribution is -2.38. The van der Waals surface area contributed by atoms with E-state index < -0.39 is 0 Å². The van der Waals surface area contributed by atoms with E-state index in [0.717, 1.165) is 18.7 Å². The van der Waals surface area contributed by atoms with Crippen LogP contribution in [0.1, 0.15) is 37.9 Å². The second kappa shape index (κ2) is 4.47. The van der Waals surface area contributed by atoms with Crippen LogP contribution in [0.2, 0.25) is 0 Å². The summed E-state index contributed by atoms with van der Waals surface area (Å²) in [5.74, 6) is 0.739. The van der Waals surface area contributed by atoms with E-state index in [1.165, 1.54) is 19.3 Å². The smallest absolute Gasteiger partial charge is 0.327 e. The summed E-state index contributed by atoms with van der Waals surface area (Å²) in [4.78, 5) is 15.8. The van der Waals surface area contributed by atoms with Gasteiger partial charge in [0.15, 0.2) is 0 Å². The highest BCUT2D eigenvalue weighted by atomic mass is 16.2. The maximum atomic E-state index is 11.8. The van der Waals surface area contributed by atoms with Crippen LogP contribution < -0.4 is 5.32 Å². The van der Waals surface area contributed by atoms with Gasteiger partial charge in [0.2, 0.25) is 0 Å². The highest BCUT2D eigenvalue weighted by Gasteiger charge is 2.16. The van der Waals surface area contributed by atoms with E-state index in [1.807, 2.05) is 6.92 Å². The van der Waals surface area contributed by atoms with Crippen LogP contribution in [0.25, 0.3) is 0 Å². The second-order valence-corrected chi connectivity index (χ2v) is 4.13. The first kappa shape index (κ1) is 10.2. The van der Waals surface area contributed by atoms with Gasteiger partial charge in [0.1, 0.15) is 5.82 Å². The molecule has 1 amide bonds. The molecule has 1 heterocycles. The minimum Gasteiger partial charge on any atom is -0.335 e. The topological polar surface area (TPSA) is 46.9 Å². The molecule has 0 spiro atoms. The van der Waals surface area contributed by atoms with Gasteiger partial charge < -0.3 is 5.32 Å². The Hall–Kier alpha value is -1.32. The Morgan fingerprint density at radius 1 is 1.47 bits per heavy atom. The van der Waals surface area contributed by atoms with E-state index in [2.05, 4.69) is 10.3 Å². The third kappa shape index (κ3) is 2.37. The highest BCUT2D eigenvalue weighted by molar-refractivity contribution is 5.77. The van der Waals surface area contributed by atoms with Crippen molar-refractivity contribution in [2.24, 2.45) is 0 Å². The Bertz CT molecular complexity index is 339. The molecule has 1 aliphatic rings. The van der Waals surface area contributed by atoms with Crippen molar-refractivity contribution in [3.8, 4) is 0 Å². The quantitative estimate of drug-likeness (QED) is 0.766. The van der Waals surface area contributed by atoms with Crippen LogP contribution >= 0.6 is 0 Å². The van der Waals surface area contributed by atoms with Crippen molar-refractivity contribution < 1.29 is 4.79 Å². The number of hydrogen-bond acceptors (Lipinski definition) is 2. The third-order valence-electron chi connectivity index (χ3n) is 2.98. The maximum Gasteiger partial charge on any atom is 0.327 e. The number of rotatable bonds is 1. The fraction of sp³-hybridized carbons (Fsp3) is 0.636. The van der Waals surface area contributed by atoms with E-state index >= 15 is 0 Å². The van der Waals surface area contributed by atoms with Crippen LogP contribution in [-0.4, -0.2) is 21.6 Å². The van der Waals surface area contributed by atoms with Crippen molar-refractivity contribution in [3.05, 3.63) is 18.2 Å². The standard InChI is InChI=1S/C11H17N3O/c1-9-12-7-8-14(9)11(15)13-10-5-3-2-4-6-10/h7-8,10H,2-6H2,1H3,(H,13,15). The molecule has 1 aromatic rings. The minimum absolute atomic E-state index is 0.0445. The summed E-state index contributed by atoms with van der Waals surface area (Å²) in [5.41, 5.74) is 0. The number of aryl methyl sites for hydroxylation is 1. The first-order valence-electron chi connectivity index (χ1n) is 5.58. The van der Waals surface area contributed by atoms with E-state index in [9.17, 15) is 4.79 Å². The van der Waals surface area contributed by atoms with Gasteiger partial charge in [0.25, 0.3) is 0 Å². The highest BCUT2D eigenvalue weighted by Crippen LogP contribution is 2.17. The molecule has 1 aliphatic carbocycles. The largest absolute Gasteiger partial charge is 0.335 e. The molecule has 1 aromatic heterocycles. The molecule has 0 bridgehead atoms. The van der Waals surface area contributed by atoms with Gasteiger partial charge >= 0.3 is 6.03 Å². The lowest BCUT2D eigenvalue weighted by molar-refractivity contribution is 0.233. The summed E-state index contributed by atoms with van der Waals surface area (Å²) in [6.07, 6.45) is 9.33. The molecule has 1 saturated carbocycles. The van der Waals surface area contributed by atoms with Gasteiger partial charge in [-0.2, -0.15) is 0 Å². The lowest BCUT2D eigenvalue weighted by Gasteiger charge is -2.22. The number of imidazole rings is 1. The van der Waals surface area contributed by atoms with Crippen LogP contribution in [0.15, 0.2) is 12.4 Å². The van der Waals surface area contributed by atoms with Crippen LogP contribution in [0.3, 0.4) is 0 Å². The predicted molar refractivity (Wildman–Crippen MR) is 57.8 cm³/mol. The summed E-state index contributed by atoms with van der Waals surface area (Å²) < 4.78 is 1.56. The molecular formula is C11H17N3O. The van der Waals surface area contributed by atoms with Gasteiger partial charge in [0.05, 0.1) is 0 Å². The number of nitrogens with zero attached hydrogens (tertiary/aromatic N) is 2. The molecule has 0 aromatic carbocycles. The zero-order valence-corrected chi connectivity index (χ0v) is 9.07. The van der Waals surface area contributed by atoms with Gasteiger partial charge in [-0.15, -0.1) is 0 Å². The summed E-state index contributed by atoms with van der Waals surface area (Å²) in [6, 6.07) is 0.310. The van der Waals surface area contributed by atoms with Crippen molar-refractivity contribution in [2.45, 2.75) is 45.1 Å². The number of aromatic nitrogens is 2. The molecule has 15 heavy (non-hydrogen) atoms. The Labute approximate surface area is 89.7 Å². The van der Waals surface area contributed by atoms with Crippen LogP contribution in [-0.2, 0) is 0 Å². The monoisotopic (exact) mass is 207 g/mol. The molecule has 4 heteroatoms. The molecule has 0 radical (unpaired) electrons. The predicted octanol–water partition coefficient (Wildman–Crippen LogP) is 2.08. The molecule has 4 nitrogen and oxygen atoms in total. The fourth-order valence-electron chi connectivity index (χ4n) is 2.08. The van der Waals surface area contributed by atoms with Crippen LogP contribution in [0.5, 0.6) is 0 Å². The third-order valence-corrected chi connectivity index (χ3v) is 2.98. The average molecular weight is 207 g/mol. The second-order valence-electron chi connectivity index (χ2n) is 4.13. The number of nitrogens with one attached hydrogen (secondary N) is 1. The Balaban J connectivity index is 1.94. The fourth-order valence-corrected chi connectivity index (χ4v) is 2.08. The van der Waals surface area contributed by atoms with E-state index in [4.69, 9.17) is 0 Å². The van der Waals surface area contributed by atoms with Crippen LogP contribution in [0.4, 0.5) is 4.79 Å². The maximum absolute atomic E-state index is 11.8. The number of carbonyl (C=O) groups excluding carboxylic acids is 1. The minimum atomic E-state index is -0.0445. The van der Waals surface area contributed by atoms with E-state index in [0.29, 0.717) is 6.04 Å². The number of amides is 1. The Morgan fingerprint density at radius 2 is 2.20 bits per heavy atom. The van der Waals surface area contributed by atoms with Crippen molar-refractivity contribution in [1.29, 1.82) is 0 Å². The summed E-state index contributed by atoms with van der Waals surface area (Å²) in [6.45, 7) is 1.83. The van der Waals surface area contributed by atoms with Crippen molar-refractivity contribution >= 4 is 6.03 Å². The normalized spacial score (nSPS) is 17.7. The molecule has 0 aliphatic heterocycles. The van der Waals surface area contributed by atoms with Gasteiger partial charge in [-0.3, -0.25) is 4.57 Å². The molecule has 1 N–H and O–H groups in total. The van der Waals surface area contributed by atoms with E-state index in [-0.39, 0.29) is 6.03 Å².